The molecule has 1 aliphatic heterocycles. The summed E-state index contributed by atoms with van der Waals surface area (Å²) in [6, 6.07) is 11.1. The van der Waals surface area contributed by atoms with Crippen molar-refractivity contribution >= 4 is 60.3 Å². The van der Waals surface area contributed by atoms with E-state index in [1.807, 2.05) is 30.3 Å². The number of benzene rings is 2. The van der Waals surface area contributed by atoms with E-state index in [1.165, 1.54) is 10.6 Å². The summed E-state index contributed by atoms with van der Waals surface area (Å²) in [5.74, 6) is -0.759. The highest BCUT2D eigenvalue weighted by molar-refractivity contribution is 9.10. The van der Waals surface area contributed by atoms with E-state index in [9.17, 15) is 22.8 Å². The number of aromatic nitrogens is 2. The zero-order chi connectivity index (χ0) is 29.5. The molecule has 2 aliphatic rings. The number of amides is 3. The van der Waals surface area contributed by atoms with Gasteiger partial charge in [-0.2, -0.15) is 5.10 Å². The number of hydrogen-bond donors (Lipinski definition) is 2. The lowest BCUT2D eigenvalue weighted by Crippen LogP contribution is -2.36. The van der Waals surface area contributed by atoms with Crippen molar-refractivity contribution in [3.05, 3.63) is 52.1 Å². The maximum absolute atomic E-state index is 13.1. The molecule has 0 bridgehead atoms. The molecular formula is C28H33BrN6O5S. The average Bonchev–Trinajstić information content (AvgIpc) is 3.63. The molecule has 1 atom stereocenters. The monoisotopic (exact) mass is 644 g/mol. The number of rotatable bonds is 10. The van der Waals surface area contributed by atoms with Crippen LogP contribution in [0.5, 0.6) is 0 Å². The van der Waals surface area contributed by atoms with Gasteiger partial charge in [-0.1, -0.05) is 15.9 Å². The van der Waals surface area contributed by atoms with E-state index in [2.05, 4.69) is 26.6 Å². The first kappa shape index (κ1) is 29.1. The molecular weight excluding hydrogens is 612 g/mol. The quantitative estimate of drug-likeness (QED) is 0.326. The molecule has 2 heterocycles. The fourth-order valence-corrected chi connectivity index (χ4v) is 6.50. The molecule has 1 aliphatic carbocycles. The van der Waals surface area contributed by atoms with Crippen molar-refractivity contribution < 1.29 is 22.8 Å². The average molecular weight is 646 g/mol. The van der Waals surface area contributed by atoms with Gasteiger partial charge in [0.2, 0.25) is 21.8 Å². The van der Waals surface area contributed by atoms with Crippen molar-refractivity contribution in [2.75, 3.05) is 44.3 Å². The fourth-order valence-electron chi connectivity index (χ4n) is 5.26. The Kier molecular flexibility index (Phi) is 8.11. The number of fused-ring (bicyclic) bond motifs is 1. The molecule has 3 aromatic rings. The van der Waals surface area contributed by atoms with Crippen LogP contribution in [0.15, 0.2) is 40.9 Å². The van der Waals surface area contributed by atoms with Gasteiger partial charge in [0.15, 0.2) is 0 Å². The van der Waals surface area contributed by atoms with Gasteiger partial charge in [-0.25, -0.2) is 13.1 Å². The Hall–Kier alpha value is -3.45. The van der Waals surface area contributed by atoms with Crippen LogP contribution in [-0.2, 0) is 19.6 Å². The Labute approximate surface area is 247 Å². The Bertz CT molecular complexity index is 1620. The normalized spacial score (nSPS) is 17.2. The van der Waals surface area contributed by atoms with Gasteiger partial charge in [-0.15, -0.1) is 0 Å². The number of hydrogen-bond acceptors (Lipinski definition) is 6. The molecule has 2 fully saturated rings. The lowest BCUT2D eigenvalue weighted by atomic mass is 10.0. The first-order valence-electron chi connectivity index (χ1n) is 13.5. The third kappa shape index (κ3) is 6.10. The third-order valence-corrected chi connectivity index (χ3v) is 9.28. The maximum Gasteiger partial charge on any atom is 0.270 e. The second kappa shape index (κ2) is 11.4. The minimum Gasteiger partial charge on any atom is -0.356 e. The van der Waals surface area contributed by atoms with Gasteiger partial charge in [-0.3, -0.25) is 18.7 Å². The summed E-state index contributed by atoms with van der Waals surface area (Å²) in [7, 11) is -0.437. The third-order valence-electron chi connectivity index (χ3n) is 7.57. The van der Waals surface area contributed by atoms with Crippen LogP contribution in [0.25, 0.3) is 16.6 Å². The van der Waals surface area contributed by atoms with Gasteiger partial charge < -0.3 is 15.5 Å². The number of nitrogens with one attached hydrogen (secondary N) is 2. The number of likely N-dealkylation sites (tertiary alicyclic amines) is 1. The molecule has 0 spiro atoms. The van der Waals surface area contributed by atoms with Gasteiger partial charge in [0.1, 0.15) is 5.69 Å². The van der Waals surface area contributed by atoms with Crippen molar-refractivity contribution in [2.24, 2.45) is 5.92 Å². The summed E-state index contributed by atoms with van der Waals surface area (Å²) < 4.78 is 30.0. The highest BCUT2D eigenvalue weighted by Crippen LogP contribution is 2.46. The maximum atomic E-state index is 13.1. The number of sulfonamides is 1. The van der Waals surface area contributed by atoms with Crippen molar-refractivity contribution in [1.29, 1.82) is 0 Å². The van der Waals surface area contributed by atoms with E-state index in [0.29, 0.717) is 40.9 Å². The highest BCUT2D eigenvalue weighted by Gasteiger charge is 2.34. The van der Waals surface area contributed by atoms with Gasteiger partial charge in [0.25, 0.3) is 5.91 Å². The smallest absolute Gasteiger partial charge is 0.270 e. The van der Waals surface area contributed by atoms with E-state index in [4.69, 9.17) is 5.10 Å². The van der Waals surface area contributed by atoms with Crippen LogP contribution in [0.4, 0.5) is 5.69 Å². The SMILES string of the molecule is CNC(=O)c1c2cc(C3CC3)c(N(CCCNC(=O)[C@@H]3CC(=O)N(C)C3)S(C)(=O)=O)cc2nn1-c1ccc(Br)cc1. The number of halogens is 1. The Morgan fingerprint density at radius 2 is 1.88 bits per heavy atom. The van der Waals surface area contributed by atoms with Crippen LogP contribution >= 0.6 is 15.9 Å². The van der Waals surface area contributed by atoms with Crippen LogP contribution in [0.2, 0.25) is 0 Å². The zero-order valence-electron chi connectivity index (χ0n) is 23.2. The molecule has 0 radical (unpaired) electrons. The Morgan fingerprint density at radius 3 is 2.46 bits per heavy atom. The molecule has 1 aromatic heterocycles. The van der Waals surface area contributed by atoms with Crippen molar-refractivity contribution in [1.82, 2.24) is 25.3 Å². The van der Waals surface area contributed by atoms with E-state index in [-0.39, 0.29) is 43.1 Å². The van der Waals surface area contributed by atoms with E-state index >= 15 is 0 Å². The van der Waals surface area contributed by atoms with Crippen molar-refractivity contribution in [3.8, 4) is 5.69 Å². The van der Waals surface area contributed by atoms with Crippen LogP contribution in [-0.4, -0.2) is 80.8 Å². The van der Waals surface area contributed by atoms with Crippen molar-refractivity contribution in [2.45, 2.75) is 31.6 Å². The molecule has 11 nitrogen and oxygen atoms in total. The van der Waals surface area contributed by atoms with Crippen LogP contribution in [0.3, 0.4) is 0 Å². The summed E-state index contributed by atoms with van der Waals surface area (Å²) in [6.07, 6.45) is 3.60. The second-order valence-electron chi connectivity index (χ2n) is 10.7. The topological polar surface area (TPSA) is 134 Å². The molecule has 1 saturated heterocycles. The number of carbonyl (C=O) groups excluding carboxylic acids is 3. The van der Waals surface area contributed by atoms with E-state index in [0.717, 1.165) is 22.9 Å². The molecule has 1 saturated carbocycles. The molecule has 5 rings (SSSR count). The van der Waals surface area contributed by atoms with Crippen LogP contribution in [0, 0.1) is 5.92 Å². The number of anilines is 1. The fraction of sp³-hybridized carbons (Fsp3) is 0.429. The van der Waals surface area contributed by atoms with Gasteiger partial charge in [0, 0.05) is 50.0 Å². The van der Waals surface area contributed by atoms with Gasteiger partial charge in [-0.05, 0) is 67.1 Å². The van der Waals surface area contributed by atoms with E-state index in [1.54, 1.807) is 29.7 Å². The minimum atomic E-state index is -3.68. The lowest BCUT2D eigenvalue weighted by molar-refractivity contribution is -0.128. The molecule has 2 N–H and O–H groups in total. The minimum absolute atomic E-state index is 0.0569. The predicted octanol–water partition coefficient (Wildman–Crippen LogP) is 2.78. The molecule has 218 valence electrons. The molecule has 41 heavy (non-hydrogen) atoms. The summed E-state index contributed by atoms with van der Waals surface area (Å²) >= 11 is 3.44. The molecule has 2 aromatic carbocycles. The Balaban J connectivity index is 1.46. The second-order valence-corrected chi connectivity index (χ2v) is 13.5. The predicted molar refractivity (Wildman–Crippen MR) is 160 cm³/mol. The van der Waals surface area contributed by atoms with E-state index < -0.39 is 15.9 Å². The highest BCUT2D eigenvalue weighted by atomic mass is 79.9. The lowest BCUT2D eigenvalue weighted by Gasteiger charge is -2.25. The summed E-state index contributed by atoms with van der Waals surface area (Å²) in [5, 5.41) is 10.9. The standard InChI is InChI=1S/C28H33BrN6O5S/c1-30-28(38)26-22-14-21(17-5-6-17)24(15-23(22)32-35(26)20-9-7-19(29)8-10-20)34(41(3,39)40)12-4-11-31-27(37)18-13-25(36)33(2)16-18/h7-10,14-15,17-18H,4-6,11-13,16H2,1-3H3,(H,30,38)(H,31,37)/t18-/m1/s1. The van der Waals surface area contributed by atoms with Gasteiger partial charge >= 0.3 is 0 Å². The molecule has 3 amide bonds. The first-order valence-corrected chi connectivity index (χ1v) is 16.2. The van der Waals surface area contributed by atoms with Gasteiger partial charge in [0.05, 0.1) is 29.1 Å². The van der Waals surface area contributed by atoms with Crippen LogP contribution < -0.4 is 14.9 Å². The first-order chi connectivity index (χ1) is 19.5. The molecule has 13 heteroatoms. The number of nitrogens with zero attached hydrogens (tertiary/aromatic N) is 4. The zero-order valence-corrected chi connectivity index (χ0v) is 25.6. The molecule has 0 unspecified atom stereocenters. The summed E-state index contributed by atoms with van der Waals surface area (Å²) in [6.45, 7) is 0.818. The Morgan fingerprint density at radius 1 is 1.17 bits per heavy atom. The summed E-state index contributed by atoms with van der Waals surface area (Å²) in [5.41, 5.74) is 2.98. The summed E-state index contributed by atoms with van der Waals surface area (Å²) in [4.78, 5) is 38.9. The van der Waals surface area contributed by atoms with Crippen LogP contribution in [0.1, 0.15) is 47.7 Å². The number of carbonyl (C=O) groups is 3. The largest absolute Gasteiger partial charge is 0.356 e. The van der Waals surface area contributed by atoms with Crippen molar-refractivity contribution in [3.63, 3.8) is 0 Å².